The number of hydrogen-bond acceptors (Lipinski definition) is 4. The van der Waals surface area contributed by atoms with Gasteiger partial charge in [-0.25, -0.2) is 4.79 Å². The summed E-state index contributed by atoms with van der Waals surface area (Å²) in [7, 11) is 0. The molecule has 6 heteroatoms. The molecular formula is C14H22N2O4. The normalized spacial score (nSPS) is 28.8. The van der Waals surface area contributed by atoms with Crippen LogP contribution >= 0.6 is 0 Å². The molecule has 1 fully saturated rings. The van der Waals surface area contributed by atoms with Crippen LogP contribution in [0.1, 0.15) is 45.4 Å². The van der Waals surface area contributed by atoms with Gasteiger partial charge < -0.3 is 9.84 Å². The number of H-pyrrole nitrogens is 1. The summed E-state index contributed by atoms with van der Waals surface area (Å²) in [5.41, 5.74) is -0.990. The maximum absolute atomic E-state index is 11.9. The first-order chi connectivity index (χ1) is 9.36. The van der Waals surface area contributed by atoms with Crippen molar-refractivity contribution in [2.75, 3.05) is 0 Å². The Hall–Kier alpha value is -1.40. The number of aromatic nitrogens is 2. The van der Waals surface area contributed by atoms with Crippen LogP contribution in [0, 0.1) is 12.8 Å². The molecule has 1 aromatic rings. The van der Waals surface area contributed by atoms with Crippen LogP contribution in [0.3, 0.4) is 0 Å². The second kappa shape index (κ2) is 5.18. The maximum atomic E-state index is 11.9. The van der Waals surface area contributed by atoms with Gasteiger partial charge in [-0.3, -0.25) is 14.3 Å². The molecule has 0 aromatic carbocycles. The highest BCUT2D eigenvalue weighted by Crippen LogP contribution is 2.44. The predicted octanol–water partition coefficient (Wildman–Crippen LogP) is 0.930. The van der Waals surface area contributed by atoms with Crippen molar-refractivity contribution in [3.05, 3.63) is 32.6 Å². The average Bonchev–Trinajstić information content (AvgIpc) is 2.68. The van der Waals surface area contributed by atoms with Gasteiger partial charge in [0.05, 0.1) is 5.60 Å². The molecule has 0 aliphatic carbocycles. The summed E-state index contributed by atoms with van der Waals surface area (Å²) in [6, 6.07) is 0. The van der Waals surface area contributed by atoms with Crippen LogP contribution in [0.2, 0.25) is 0 Å². The van der Waals surface area contributed by atoms with E-state index < -0.39 is 29.2 Å². The van der Waals surface area contributed by atoms with E-state index in [9.17, 15) is 14.7 Å². The zero-order valence-electron chi connectivity index (χ0n) is 12.3. The van der Waals surface area contributed by atoms with Gasteiger partial charge in [0.1, 0.15) is 6.10 Å². The first-order valence-corrected chi connectivity index (χ1v) is 7.04. The van der Waals surface area contributed by atoms with Gasteiger partial charge in [0.2, 0.25) is 0 Å². The highest BCUT2D eigenvalue weighted by molar-refractivity contribution is 5.04. The molecule has 1 aliphatic heterocycles. The molecule has 2 N–H and O–H groups in total. The number of aromatic amines is 1. The van der Waals surface area contributed by atoms with E-state index in [4.69, 9.17) is 4.74 Å². The maximum Gasteiger partial charge on any atom is 0.330 e. The summed E-state index contributed by atoms with van der Waals surface area (Å²) in [6.45, 7) is 7.57. The van der Waals surface area contributed by atoms with Gasteiger partial charge in [0, 0.05) is 17.7 Å². The smallest absolute Gasteiger partial charge is 0.330 e. The third kappa shape index (κ3) is 2.13. The zero-order valence-corrected chi connectivity index (χ0v) is 12.3. The summed E-state index contributed by atoms with van der Waals surface area (Å²) in [5, 5.41) is 10.4. The minimum absolute atomic E-state index is 0.0818. The van der Waals surface area contributed by atoms with Gasteiger partial charge in [-0.15, -0.1) is 0 Å². The van der Waals surface area contributed by atoms with Crippen molar-refractivity contribution >= 4 is 0 Å². The molecule has 0 amide bonds. The van der Waals surface area contributed by atoms with E-state index >= 15 is 0 Å². The number of hydrogen-bond donors (Lipinski definition) is 2. The van der Waals surface area contributed by atoms with Crippen molar-refractivity contribution in [1.82, 2.24) is 9.55 Å². The van der Waals surface area contributed by atoms with E-state index in [0.717, 1.165) is 12.8 Å². The Morgan fingerprint density at radius 3 is 2.50 bits per heavy atom. The Morgan fingerprint density at radius 1 is 1.40 bits per heavy atom. The van der Waals surface area contributed by atoms with E-state index in [2.05, 4.69) is 4.98 Å². The van der Waals surface area contributed by atoms with Gasteiger partial charge in [-0.2, -0.15) is 0 Å². The van der Waals surface area contributed by atoms with E-state index in [1.54, 1.807) is 6.92 Å². The minimum atomic E-state index is -0.780. The molecule has 1 saturated heterocycles. The van der Waals surface area contributed by atoms with Crippen LogP contribution in [0.5, 0.6) is 0 Å². The quantitative estimate of drug-likeness (QED) is 0.863. The topological polar surface area (TPSA) is 84.3 Å². The Labute approximate surface area is 117 Å². The fraction of sp³-hybridized carbons (Fsp3) is 0.714. The molecule has 0 spiro atoms. The van der Waals surface area contributed by atoms with Crippen molar-refractivity contribution < 1.29 is 9.84 Å². The number of rotatable bonds is 3. The van der Waals surface area contributed by atoms with Crippen LogP contribution in [-0.4, -0.2) is 26.4 Å². The van der Waals surface area contributed by atoms with Crippen LogP contribution < -0.4 is 11.2 Å². The van der Waals surface area contributed by atoms with Crippen LogP contribution in [0.4, 0.5) is 0 Å². The van der Waals surface area contributed by atoms with Crippen LogP contribution in [-0.2, 0) is 4.74 Å². The Morgan fingerprint density at radius 2 is 2.00 bits per heavy atom. The molecule has 3 atom stereocenters. The second-order valence-corrected chi connectivity index (χ2v) is 5.54. The molecule has 1 aromatic heterocycles. The summed E-state index contributed by atoms with van der Waals surface area (Å²) in [5.74, 6) is -0.0818. The van der Waals surface area contributed by atoms with Gasteiger partial charge in [0.25, 0.3) is 5.56 Å². The van der Waals surface area contributed by atoms with E-state index in [1.165, 1.54) is 10.8 Å². The van der Waals surface area contributed by atoms with E-state index in [1.807, 2.05) is 20.8 Å². The van der Waals surface area contributed by atoms with Crippen molar-refractivity contribution in [3.63, 3.8) is 0 Å². The molecule has 0 saturated carbocycles. The number of aliphatic hydroxyl groups excluding tert-OH is 1. The fourth-order valence-electron chi connectivity index (χ4n) is 3.03. The number of nitrogens with zero attached hydrogens (tertiary/aromatic N) is 1. The average molecular weight is 282 g/mol. The molecule has 1 aliphatic rings. The van der Waals surface area contributed by atoms with Crippen molar-refractivity contribution in [2.24, 2.45) is 5.92 Å². The van der Waals surface area contributed by atoms with Gasteiger partial charge >= 0.3 is 5.69 Å². The Bertz CT molecular complexity index is 600. The first-order valence-electron chi connectivity index (χ1n) is 7.04. The zero-order chi connectivity index (χ0) is 15.1. The van der Waals surface area contributed by atoms with Gasteiger partial charge in [0.15, 0.2) is 6.23 Å². The highest BCUT2D eigenvalue weighted by atomic mass is 16.5. The lowest BCUT2D eigenvalue weighted by atomic mass is 9.83. The second-order valence-electron chi connectivity index (χ2n) is 5.54. The highest BCUT2D eigenvalue weighted by Gasteiger charge is 2.50. The van der Waals surface area contributed by atoms with E-state index in [0.29, 0.717) is 5.56 Å². The molecule has 20 heavy (non-hydrogen) atoms. The first kappa shape index (κ1) is 15.0. The minimum Gasteiger partial charge on any atom is -0.388 e. The van der Waals surface area contributed by atoms with E-state index in [-0.39, 0.29) is 5.92 Å². The molecule has 112 valence electrons. The largest absolute Gasteiger partial charge is 0.388 e. The lowest BCUT2D eigenvalue weighted by molar-refractivity contribution is -0.0981. The summed E-state index contributed by atoms with van der Waals surface area (Å²) < 4.78 is 7.31. The van der Waals surface area contributed by atoms with Gasteiger partial charge in [-0.05, 0) is 19.8 Å². The third-order valence-corrected chi connectivity index (χ3v) is 4.61. The Balaban J connectivity index is 2.47. The van der Waals surface area contributed by atoms with Crippen molar-refractivity contribution in [3.8, 4) is 0 Å². The van der Waals surface area contributed by atoms with Gasteiger partial charge in [-0.1, -0.05) is 20.8 Å². The molecule has 2 rings (SSSR count). The van der Waals surface area contributed by atoms with Crippen molar-refractivity contribution in [2.45, 2.75) is 58.5 Å². The summed E-state index contributed by atoms with van der Waals surface area (Å²) >= 11 is 0. The molecular weight excluding hydrogens is 260 g/mol. The summed E-state index contributed by atoms with van der Waals surface area (Å²) in [4.78, 5) is 25.6. The number of aliphatic hydroxyl groups is 1. The van der Waals surface area contributed by atoms with Crippen molar-refractivity contribution in [1.29, 1.82) is 0 Å². The monoisotopic (exact) mass is 282 g/mol. The number of nitrogens with one attached hydrogen (secondary N) is 1. The lowest BCUT2D eigenvalue weighted by Crippen LogP contribution is -2.37. The number of aryl methyl sites for hydroxylation is 1. The SMILES string of the molecule is CCC1(CC)O[C@@H](n2cc(C)c(=O)[nH]c2=O)C(O)[C@H]1C. The molecule has 1 unspecified atom stereocenters. The molecule has 2 heterocycles. The third-order valence-electron chi connectivity index (χ3n) is 4.61. The molecule has 0 bridgehead atoms. The molecule has 6 nitrogen and oxygen atoms in total. The summed E-state index contributed by atoms with van der Waals surface area (Å²) in [6.07, 6.45) is 1.43. The van der Waals surface area contributed by atoms with Crippen LogP contribution in [0.25, 0.3) is 0 Å². The fourth-order valence-corrected chi connectivity index (χ4v) is 3.03. The Kier molecular flexibility index (Phi) is 3.88. The number of ether oxygens (including phenoxy) is 1. The standard InChI is InChI=1S/C14H22N2O4/c1-5-14(6-2)9(4)10(17)12(20-14)16-7-8(3)11(18)15-13(16)19/h7,9-10,12,17H,5-6H2,1-4H3,(H,15,18,19)/t9-,10?,12-/m1/s1. The lowest BCUT2D eigenvalue weighted by Gasteiger charge is -2.30. The van der Waals surface area contributed by atoms with Crippen LogP contribution in [0.15, 0.2) is 15.8 Å². The molecule has 0 radical (unpaired) electrons. The predicted molar refractivity (Wildman–Crippen MR) is 74.7 cm³/mol.